The smallest absolute Gasteiger partial charge is 0.355 e. The normalized spacial score (nSPS) is 10.4. The molecule has 0 saturated heterocycles. The molecule has 2 N–H and O–H groups in total. The lowest BCUT2D eigenvalue weighted by atomic mass is 10.1. The molecule has 0 saturated carbocycles. The Morgan fingerprint density at radius 2 is 1.72 bits per heavy atom. The molecule has 0 aliphatic heterocycles. The summed E-state index contributed by atoms with van der Waals surface area (Å²) in [5.74, 6) is 0.580. The highest BCUT2D eigenvalue weighted by molar-refractivity contribution is 9.10. The maximum atomic E-state index is 12.5. The summed E-state index contributed by atoms with van der Waals surface area (Å²) in [5.41, 5.74) is 10.1. The molecule has 0 amide bonds. The molecule has 3 rings (SSSR count). The van der Waals surface area contributed by atoms with Gasteiger partial charge in [0.15, 0.2) is 5.78 Å². The molecule has 2 aromatic carbocycles. The van der Waals surface area contributed by atoms with E-state index in [-0.39, 0.29) is 29.3 Å². The highest BCUT2D eigenvalue weighted by Gasteiger charge is 2.20. The number of ketones is 1. The first kappa shape index (κ1) is 19.4. The van der Waals surface area contributed by atoms with Crippen LogP contribution in [0.25, 0.3) is 11.3 Å². The second kappa shape index (κ2) is 7.97. The number of benzene rings is 2. The fourth-order valence-electron chi connectivity index (χ4n) is 2.62. The first-order valence-corrected chi connectivity index (χ1v) is 8.45. The Kier molecular flexibility index (Phi) is 6.19. The Morgan fingerprint density at radius 3 is 2.32 bits per heavy atom. The van der Waals surface area contributed by atoms with E-state index < -0.39 is 0 Å². The molecule has 0 aliphatic carbocycles. The molecule has 0 bridgehead atoms. The first-order valence-electron chi connectivity index (χ1n) is 7.66. The monoisotopic (exact) mass is 463 g/mol. The number of nitrogen functional groups attached to an aromatic ring is 1. The maximum absolute atomic E-state index is 12.5. The SMILES string of the molecule is Cc1ccc(-c2c[n+](CC(=O)c3ccc(Br)cc3)c(N)n2C)cc1.[Br-]. The molecule has 3 aromatic rings. The van der Waals surface area contributed by atoms with E-state index in [0.29, 0.717) is 11.5 Å². The van der Waals surface area contributed by atoms with E-state index in [2.05, 4.69) is 47.1 Å². The average molecular weight is 465 g/mol. The minimum atomic E-state index is 0. The molecule has 0 fully saturated rings. The van der Waals surface area contributed by atoms with Gasteiger partial charge in [-0.25, -0.2) is 9.13 Å². The molecule has 0 atom stereocenters. The molecule has 6 heteroatoms. The fraction of sp³-hybridized carbons (Fsp3) is 0.158. The highest BCUT2D eigenvalue weighted by Crippen LogP contribution is 2.20. The first-order chi connectivity index (χ1) is 11.5. The summed E-state index contributed by atoms with van der Waals surface area (Å²) in [6.07, 6.45) is 1.93. The van der Waals surface area contributed by atoms with Gasteiger partial charge in [-0.3, -0.25) is 10.5 Å². The van der Waals surface area contributed by atoms with Gasteiger partial charge in [0, 0.05) is 15.6 Å². The van der Waals surface area contributed by atoms with E-state index in [0.717, 1.165) is 15.7 Å². The number of halogens is 2. The number of aryl methyl sites for hydroxylation is 1. The van der Waals surface area contributed by atoms with Crippen LogP contribution in [0.4, 0.5) is 5.95 Å². The summed E-state index contributed by atoms with van der Waals surface area (Å²) in [6.45, 7) is 2.27. The van der Waals surface area contributed by atoms with Crippen molar-refractivity contribution in [3.05, 3.63) is 70.3 Å². The van der Waals surface area contributed by atoms with Crippen LogP contribution in [0.15, 0.2) is 59.2 Å². The van der Waals surface area contributed by atoms with Crippen molar-refractivity contribution >= 4 is 27.7 Å². The van der Waals surface area contributed by atoms with Crippen molar-refractivity contribution in [2.45, 2.75) is 13.5 Å². The number of Topliss-reactive ketones (excluding diaryl/α,β-unsaturated/α-hetero) is 1. The predicted molar refractivity (Wildman–Crippen MR) is 98.7 cm³/mol. The number of hydrogen-bond donors (Lipinski definition) is 1. The van der Waals surface area contributed by atoms with Crippen LogP contribution in [0.3, 0.4) is 0 Å². The van der Waals surface area contributed by atoms with Crippen molar-refractivity contribution in [3.8, 4) is 11.3 Å². The van der Waals surface area contributed by atoms with Gasteiger partial charge in [-0.1, -0.05) is 57.9 Å². The van der Waals surface area contributed by atoms with E-state index in [9.17, 15) is 4.79 Å². The lowest BCUT2D eigenvalue weighted by Gasteiger charge is -2.00. The second-order valence-corrected chi connectivity index (χ2v) is 6.77. The van der Waals surface area contributed by atoms with E-state index in [4.69, 9.17) is 5.73 Å². The molecule has 25 heavy (non-hydrogen) atoms. The van der Waals surface area contributed by atoms with E-state index in [1.165, 1.54) is 5.56 Å². The van der Waals surface area contributed by atoms with E-state index >= 15 is 0 Å². The number of nitrogens with zero attached hydrogens (tertiary/aromatic N) is 2. The summed E-state index contributed by atoms with van der Waals surface area (Å²) in [7, 11) is 1.91. The quantitative estimate of drug-likeness (QED) is 0.452. The molecule has 4 nitrogen and oxygen atoms in total. The number of hydrogen-bond acceptors (Lipinski definition) is 2. The molecule has 0 unspecified atom stereocenters. The number of nitrogens with two attached hydrogens (primary N) is 1. The Morgan fingerprint density at radius 1 is 1.12 bits per heavy atom. The van der Waals surface area contributed by atoms with Gasteiger partial charge in [-0.15, -0.1) is 0 Å². The van der Waals surface area contributed by atoms with Crippen molar-refractivity contribution in [1.29, 1.82) is 0 Å². The van der Waals surface area contributed by atoms with Crippen molar-refractivity contribution in [2.75, 3.05) is 5.73 Å². The molecule has 1 aromatic heterocycles. The number of anilines is 1. The molecular formula is C19H19Br2N3O. The summed E-state index contributed by atoms with van der Waals surface area (Å²) >= 11 is 3.38. The minimum Gasteiger partial charge on any atom is -1.00 e. The third-order valence-corrected chi connectivity index (χ3v) is 4.63. The van der Waals surface area contributed by atoms with Gasteiger partial charge in [0.05, 0.1) is 7.05 Å². The van der Waals surface area contributed by atoms with Gasteiger partial charge < -0.3 is 17.0 Å². The van der Waals surface area contributed by atoms with Crippen LogP contribution >= 0.6 is 15.9 Å². The summed E-state index contributed by atoms with van der Waals surface area (Å²) < 4.78 is 4.65. The van der Waals surface area contributed by atoms with Crippen LogP contribution in [-0.2, 0) is 13.6 Å². The molecule has 1 heterocycles. The Bertz CT molecular complexity index is 884. The lowest BCUT2D eigenvalue weighted by molar-refractivity contribution is -0.667. The van der Waals surface area contributed by atoms with Crippen molar-refractivity contribution in [1.82, 2.24) is 4.57 Å². The summed E-state index contributed by atoms with van der Waals surface area (Å²) in [5, 5.41) is 0. The molecular weight excluding hydrogens is 446 g/mol. The summed E-state index contributed by atoms with van der Waals surface area (Å²) in [4.78, 5) is 12.5. The number of carbonyl (C=O) groups is 1. The van der Waals surface area contributed by atoms with Gasteiger partial charge in [0.2, 0.25) is 0 Å². The fourth-order valence-corrected chi connectivity index (χ4v) is 2.88. The largest absolute Gasteiger partial charge is 1.00 e. The van der Waals surface area contributed by atoms with Crippen LogP contribution in [-0.4, -0.2) is 10.4 Å². The Labute approximate surface area is 166 Å². The van der Waals surface area contributed by atoms with Crippen molar-refractivity contribution < 1.29 is 26.3 Å². The summed E-state index contributed by atoms with van der Waals surface area (Å²) in [6, 6.07) is 15.6. The third-order valence-electron chi connectivity index (χ3n) is 4.10. The highest BCUT2D eigenvalue weighted by atomic mass is 79.9. The zero-order valence-corrected chi connectivity index (χ0v) is 17.2. The van der Waals surface area contributed by atoms with E-state index in [1.54, 1.807) is 4.57 Å². The van der Waals surface area contributed by atoms with Crippen LogP contribution in [0, 0.1) is 6.92 Å². The van der Waals surface area contributed by atoms with Crippen molar-refractivity contribution in [2.24, 2.45) is 7.05 Å². The van der Waals surface area contributed by atoms with Gasteiger partial charge >= 0.3 is 5.95 Å². The van der Waals surface area contributed by atoms with E-state index in [1.807, 2.05) is 42.1 Å². The van der Waals surface area contributed by atoms with Gasteiger partial charge in [0.1, 0.15) is 18.4 Å². The predicted octanol–water partition coefficient (Wildman–Crippen LogP) is 0.520. The molecule has 130 valence electrons. The second-order valence-electron chi connectivity index (χ2n) is 5.86. The number of rotatable bonds is 4. The number of imidazole rings is 1. The van der Waals surface area contributed by atoms with Gasteiger partial charge in [-0.05, 0) is 19.1 Å². The third kappa shape index (κ3) is 4.19. The van der Waals surface area contributed by atoms with Crippen LogP contribution in [0.5, 0.6) is 0 Å². The Hall–Kier alpha value is -1.92. The van der Waals surface area contributed by atoms with Crippen molar-refractivity contribution in [3.63, 3.8) is 0 Å². The average Bonchev–Trinajstić information content (AvgIpc) is 2.85. The number of carbonyl (C=O) groups excluding carboxylic acids is 1. The standard InChI is InChI=1S/C19H18BrN3O.BrH/c1-13-3-5-14(6-4-13)17-11-23(19(21)22(17)2)12-18(24)15-7-9-16(20)10-8-15;/h3-11,21H,12H2,1-2H3;1H. The zero-order valence-electron chi connectivity index (χ0n) is 14.0. The minimum absolute atomic E-state index is 0. The van der Waals surface area contributed by atoms with Crippen LogP contribution in [0.2, 0.25) is 0 Å². The molecule has 0 spiro atoms. The van der Waals surface area contributed by atoms with Crippen LogP contribution < -0.4 is 27.3 Å². The topological polar surface area (TPSA) is 51.9 Å². The van der Waals surface area contributed by atoms with Gasteiger partial charge in [0.25, 0.3) is 0 Å². The zero-order chi connectivity index (χ0) is 17.3. The number of aromatic nitrogens is 2. The van der Waals surface area contributed by atoms with Gasteiger partial charge in [-0.2, -0.15) is 0 Å². The molecule has 0 aliphatic rings. The lowest BCUT2D eigenvalue weighted by Crippen LogP contribution is -3.00. The Balaban J connectivity index is 0.00000225. The molecule has 0 radical (unpaired) electrons. The van der Waals surface area contributed by atoms with Crippen LogP contribution in [0.1, 0.15) is 15.9 Å². The maximum Gasteiger partial charge on any atom is 0.355 e.